The highest BCUT2D eigenvalue weighted by molar-refractivity contribution is 7.19. The molecule has 0 amide bonds. The minimum absolute atomic E-state index is 0.770. The number of nitriles is 1. The standard InChI is InChI=1S/C8H6N2S/c1-5-2-8-7(10-5)3-6(4-9)11-8/h2-3,10H,1H3. The number of thiophene rings is 1. The first kappa shape index (κ1) is 6.44. The van der Waals surface area contributed by atoms with Crippen molar-refractivity contribution in [3.8, 4) is 6.07 Å². The maximum atomic E-state index is 8.57. The van der Waals surface area contributed by atoms with Crippen molar-refractivity contribution < 1.29 is 0 Å². The molecule has 0 spiro atoms. The number of H-pyrrole nitrogens is 1. The summed E-state index contributed by atoms with van der Waals surface area (Å²) in [6.07, 6.45) is 0. The number of nitrogens with one attached hydrogen (secondary N) is 1. The zero-order chi connectivity index (χ0) is 7.84. The molecule has 2 aromatic rings. The largest absolute Gasteiger partial charge is 0.358 e. The van der Waals surface area contributed by atoms with Crippen LogP contribution in [0.3, 0.4) is 0 Å². The summed E-state index contributed by atoms with van der Waals surface area (Å²) in [6.45, 7) is 2.01. The van der Waals surface area contributed by atoms with Crippen molar-refractivity contribution in [1.82, 2.24) is 4.98 Å². The molecule has 2 aromatic heterocycles. The van der Waals surface area contributed by atoms with Crippen molar-refractivity contribution in [1.29, 1.82) is 5.26 Å². The summed E-state index contributed by atoms with van der Waals surface area (Å²) in [7, 11) is 0. The van der Waals surface area contributed by atoms with Gasteiger partial charge in [0.15, 0.2) is 0 Å². The SMILES string of the molecule is Cc1cc2sc(C#N)cc2[nH]1. The molecule has 3 heteroatoms. The molecule has 0 saturated heterocycles. The Labute approximate surface area is 68.1 Å². The number of aromatic nitrogens is 1. The lowest BCUT2D eigenvalue weighted by molar-refractivity contribution is 1.30. The van der Waals surface area contributed by atoms with Crippen molar-refractivity contribution in [2.24, 2.45) is 0 Å². The van der Waals surface area contributed by atoms with Gasteiger partial charge in [-0.15, -0.1) is 11.3 Å². The van der Waals surface area contributed by atoms with E-state index in [-0.39, 0.29) is 0 Å². The number of nitrogens with zero attached hydrogens (tertiary/aromatic N) is 1. The molecule has 0 aromatic carbocycles. The Morgan fingerprint density at radius 1 is 1.55 bits per heavy atom. The van der Waals surface area contributed by atoms with Gasteiger partial charge < -0.3 is 4.98 Å². The lowest BCUT2D eigenvalue weighted by atomic mass is 10.4. The van der Waals surface area contributed by atoms with Crippen LogP contribution in [-0.2, 0) is 0 Å². The van der Waals surface area contributed by atoms with Gasteiger partial charge in [0.2, 0.25) is 0 Å². The molecule has 54 valence electrons. The third kappa shape index (κ3) is 0.920. The second-order valence-corrected chi connectivity index (χ2v) is 3.54. The minimum Gasteiger partial charge on any atom is -0.358 e. The predicted octanol–water partition coefficient (Wildman–Crippen LogP) is 2.41. The van der Waals surface area contributed by atoms with Gasteiger partial charge in [0.1, 0.15) is 10.9 Å². The van der Waals surface area contributed by atoms with Crippen LogP contribution in [0.1, 0.15) is 10.6 Å². The number of aromatic amines is 1. The maximum absolute atomic E-state index is 8.57. The highest BCUT2D eigenvalue weighted by atomic mass is 32.1. The van der Waals surface area contributed by atoms with Gasteiger partial charge in [0, 0.05) is 5.69 Å². The molecule has 2 nitrogen and oxygen atoms in total. The fourth-order valence-corrected chi connectivity index (χ4v) is 2.03. The number of hydrogen-bond acceptors (Lipinski definition) is 2. The van der Waals surface area contributed by atoms with Crippen LogP contribution in [-0.4, -0.2) is 4.98 Å². The van der Waals surface area contributed by atoms with Crippen molar-refractivity contribution >= 4 is 21.6 Å². The fourth-order valence-electron chi connectivity index (χ4n) is 1.11. The molecule has 11 heavy (non-hydrogen) atoms. The summed E-state index contributed by atoms with van der Waals surface area (Å²) in [5, 5.41) is 8.57. The molecular formula is C8H6N2S. The van der Waals surface area contributed by atoms with E-state index in [1.54, 1.807) is 0 Å². The van der Waals surface area contributed by atoms with Crippen LogP contribution < -0.4 is 0 Å². The van der Waals surface area contributed by atoms with E-state index in [4.69, 9.17) is 5.26 Å². The highest BCUT2D eigenvalue weighted by Gasteiger charge is 2.01. The molecule has 0 saturated carbocycles. The molecule has 0 unspecified atom stereocenters. The average molecular weight is 162 g/mol. The van der Waals surface area contributed by atoms with E-state index in [1.807, 2.05) is 13.0 Å². The van der Waals surface area contributed by atoms with Gasteiger partial charge in [-0.1, -0.05) is 0 Å². The second kappa shape index (κ2) is 2.11. The lowest BCUT2D eigenvalue weighted by Crippen LogP contribution is -1.65. The van der Waals surface area contributed by atoms with Crippen LogP contribution in [0.5, 0.6) is 0 Å². The first-order valence-corrected chi connectivity index (χ1v) is 4.10. The van der Waals surface area contributed by atoms with E-state index >= 15 is 0 Å². The molecule has 2 heterocycles. The highest BCUT2D eigenvalue weighted by Crippen LogP contribution is 2.24. The quantitative estimate of drug-likeness (QED) is 0.634. The van der Waals surface area contributed by atoms with Gasteiger partial charge in [-0.2, -0.15) is 5.26 Å². The van der Waals surface area contributed by atoms with Crippen LogP contribution in [0.4, 0.5) is 0 Å². The summed E-state index contributed by atoms with van der Waals surface area (Å²) < 4.78 is 1.17. The van der Waals surface area contributed by atoms with E-state index in [0.29, 0.717) is 0 Å². The van der Waals surface area contributed by atoms with E-state index in [0.717, 1.165) is 16.1 Å². The van der Waals surface area contributed by atoms with Gasteiger partial charge in [-0.3, -0.25) is 0 Å². The smallest absolute Gasteiger partial charge is 0.110 e. The van der Waals surface area contributed by atoms with Gasteiger partial charge in [0.25, 0.3) is 0 Å². The van der Waals surface area contributed by atoms with E-state index in [2.05, 4.69) is 17.1 Å². The number of rotatable bonds is 0. The van der Waals surface area contributed by atoms with Crippen LogP contribution in [0, 0.1) is 18.3 Å². The third-order valence-corrected chi connectivity index (χ3v) is 2.54. The van der Waals surface area contributed by atoms with E-state index in [9.17, 15) is 0 Å². The van der Waals surface area contributed by atoms with Gasteiger partial charge in [0.05, 0.1) is 10.2 Å². The first-order chi connectivity index (χ1) is 5.29. The average Bonchev–Trinajstić information content (AvgIpc) is 2.43. The molecule has 0 atom stereocenters. The van der Waals surface area contributed by atoms with Crippen LogP contribution in [0.25, 0.3) is 10.2 Å². The molecular weight excluding hydrogens is 156 g/mol. The molecule has 0 aliphatic heterocycles. The van der Waals surface area contributed by atoms with Crippen molar-refractivity contribution in [2.75, 3.05) is 0 Å². The molecule has 0 aliphatic carbocycles. The summed E-state index contributed by atoms with van der Waals surface area (Å²) in [4.78, 5) is 3.94. The Balaban J connectivity index is 2.76. The normalized spacial score (nSPS) is 10.2. The lowest BCUT2D eigenvalue weighted by Gasteiger charge is -1.76. The summed E-state index contributed by atoms with van der Waals surface area (Å²) in [5.74, 6) is 0. The van der Waals surface area contributed by atoms with Gasteiger partial charge in [-0.25, -0.2) is 0 Å². The van der Waals surface area contributed by atoms with E-state index in [1.165, 1.54) is 16.0 Å². The predicted molar refractivity (Wildman–Crippen MR) is 45.6 cm³/mol. The number of fused-ring (bicyclic) bond motifs is 1. The van der Waals surface area contributed by atoms with Crippen molar-refractivity contribution in [3.05, 3.63) is 22.7 Å². The molecule has 2 rings (SSSR count). The Bertz CT molecular complexity index is 399. The topological polar surface area (TPSA) is 39.6 Å². The maximum Gasteiger partial charge on any atom is 0.110 e. The molecule has 0 aliphatic rings. The van der Waals surface area contributed by atoms with Crippen molar-refractivity contribution in [2.45, 2.75) is 6.92 Å². The summed E-state index contributed by atoms with van der Waals surface area (Å²) in [6, 6.07) is 6.06. The number of aryl methyl sites for hydroxylation is 1. The zero-order valence-electron chi connectivity index (χ0n) is 6.01. The Morgan fingerprint density at radius 3 is 3.00 bits per heavy atom. The zero-order valence-corrected chi connectivity index (χ0v) is 6.83. The second-order valence-electron chi connectivity index (χ2n) is 2.45. The number of hydrogen-bond donors (Lipinski definition) is 1. The Kier molecular flexibility index (Phi) is 1.23. The van der Waals surface area contributed by atoms with Crippen LogP contribution in [0.2, 0.25) is 0 Å². The van der Waals surface area contributed by atoms with Gasteiger partial charge in [-0.05, 0) is 19.1 Å². The monoisotopic (exact) mass is 162 g/mol. The van der Waals surface area contributed by atoms with Gasteiger partial charge >= 0.3 is 0 Å². The third-order valence-electron chi connectivity index (χ3n) is 1.55. The van der Waals surface area contributed by atoms with Crippen molar-refractivity contribution in [3.63, 3.8) is 0 Å². The molecule has 0 bridgehead atoms. The summed E-state index contributed by atoms with van der Waals surface area (Å²) >= 11 is 1.53. The Hall–Kier alpha value is -1.27. The van der Waals surface area contributed by atoms with Crippen LogP contribution in [0.15, 0.2) is 12.1 Å². The fraction of sp³-hybridized carbons (Fsp3) is 0.125. The molecule has 0 radical (unpaired) electrons. The van der Waals surface area contributed by atoms with E-state index < -0.39 is 0 Å². The first-order valence-electron chi connectivity index (χ1n) is 3.29. The Morgan fingerprint density at radius 2 is 2.36 bits per heavy atom. The van der Waals surface area contributed by atoms with Crippen LogP contribution >= 0.6 is 11.3 Å². The molecule has 0 fully saturated rings. The molecule has 1 N–H and O–H groups in total. The summed E-state index contributed by atoms with van der Waals surface area (Å²) in [5.41, 5.74) is 2.22. The minimum atomic E-state index is 0.770.